The molecule has 2 nitrogen and oxygen atoms in total. The van der Waals surface area contributed by atoms with Crippen LogP contribution < -0.4 is 0 Å². The van der Waals surface area contributed by atoms with Crippen LogP contribution in [0.5, 0.6) is 0 Å². The van der Waals surface area contributed by atoms with Crippen molar-refractivity contribution in [3.63, 3.8) is 0 Å². The quantitative estimate of drug-likeness (QED) is 0.789. The molecular formula is C11H13BrO2. The molecule has 1 N–H and O–H groups in total. The number of allylic oxidation sites excluding steroid dienone is 4. The molecule has 1 unspecified atom stereocenters. The highest BCUT2D eigenvalue weighted by Gasteiger charge is 2.14. The van der Waals surface area contributed by atoms with Gasteiger partial charge in [-0.15, -0.1) is 0 Å². The highest BCUT2D eigenvalue weighted by Crippen LogP contribution is 2.24. The first-order valence-electron chi connectivity index (χ1n) is 4.59. The second-order valence-electron chi connectivity index (χ2n) is 3.18. The summed E-state index contributed by atoms with van der Waals surface area (Å²) < 4.78 is 0. The molecule has 0 saturated heterocycles. The predicted octanol–water partition coefficient (Wildman–Crippen LogP) is 3.06. The Bertz CT molecular complexity index is 313. The van der Waals surface area contributed by atoms with Crippen molar-refractivity contribution in [1.29, 1.82) is 0 Å². The fraction of sp³-hybridized carbons (Fsp3) is 0.364. The number of aliphatic carboxylic acids is 1. The first-order valence-corrected chi connectivity index (χ1v) is 5.51. The van der Waals surface area contributed by atoms with Crippen molar-refractivity contribution in [2.24, 2.45) is 0 Å². The SMILES string of the molecule is CC/C=C\C1=CC(C(=O)O)=CC(Br)C1. The van der Waals surface area contributed by atoms with Crippen LogP contribution >= 0.6 is 15.9 Å². The van der Waals surface area contributed by atoms with Crippen LogP contribution in [-0.2, 0) is 4.79 Å². The third kappa shape index (κ3) is 3.14. The highest BCUT2D eigenvalue weighted by atomic mass is 79.9. The first kappa shape index (κ1) is 11.2. The Labute approximate surface area is 92.1 Å². The fourth-order valence-electron chi connectivity index (χ4n) is 1.30. The van der Waals surface area contributed by atoms with Crippen LogP contribution in [-0.4, -0.2) is 15.9 Å². The lowest BCUT2D eigenvalue weighted by molar-refractivity contribution is -0.132. The molecule has 0 bridgehead atoms. The molecule has 0 saturated carbocycles. The summed E-state index contributed by atoms with van der Waals surface area (Å²) in [5.41, 5.74) is 1.43. The van der Waals surface area contributed by atoms with Gasteiger partial charge in [-0.05, 0) is 24.5 Å². The normalized spacial score (nSPS) is 22.0. The molecule has 0 spiro atoms. The number of hydrogen-bond donors (Lipinski definition) is 1. The van der Waals surface area contributed by atoms with E-state index in [1.807, 2.05) is 12.2 Å². The van der Waals surface area contributed by atoms with Crippen LogP contribution in [0.2, 0.25) is 0 Å². The molecule has 0 radical (unpaired) electrons. The molecule has 14 heavy (non-hydrogen) atoms. The van der Waals surface area contributed by atoms with Crippen molar-refractivity contribution in [3.8, 4) is 0 Å². The van der Waals surface area contributed by atoms with Crippen molar-refractivity contribution in [3.05, 3.63) is 35.5 Å². The average Bonchev–Trinajstić information content (AvgIpc) is 2.14. The van der Waals surface area contributed by atoms with E-state index in [2.05, 4.69) is 22.9 Å². The van der Waals surface area contributed by atoms with Gasteiger partial charge in [0.25, 0.3) is 0 Å². The zero-order valence-electron chi connectivity index (χ0n) is 8.03. The topological polar surface area (TPSA) is 37.3 Å². The van der Waals surface area contributed by atoms with Gasteiger partial charge in [0.05, 0.1) is 5.57 Å². The van der Waals surface area contributed by atoms with Gasteiger partial charge in [0, 0.05) is 4.83 Å². The van der Waals surface area contributed by atoms with Crippen LogP contribution in [0.15, 0.2) is 35.5 Å². The van der Waals surface area contributed by atoms with Gasteiger partial charge < -0.3 is 5.11 Å². The Balaban J connectivity index is 2.83. The Morgan fingerprint density at radius 3 is 3.07 bits per heavy atom. The van der Waals surface area contributed by atoms with Gasteiger partial charge in [-0.2, -0.15) is 0 Å². The Hall–Kier alpha value is -0.830. The van der Waals surface area contributed by atoms with Crippen LogP contribution in [0.25, 0.3) is 0 Å². The minimum absolute atomic E-state index is 0.134. The minimum atomic E-state index is -0.864. The lowest BCUT2D eigenvalue weighted by Gasteiger charge is -2.13. The second kappa shape index (κ2) is 5.15. The van der Waals surface area contributed by atoms with Crippen LogP contribution in [0, 0.1) is 0 Å². The number of halogens is 1. The molecule has 76 valence electrons. The van der Waals surface area contributed by atoms with E-state index in [-0.39, 0.29) is 4.83 Å². The van der Waals surface area contributed by atoms with Gasteiger partial charge in [0.15, 0.2) is 0 Å². The van der Waals surface area contributed by atoms with Crippen molar-refractivity contribution in [2.75, 3.05) is 0 Å². The van der Waals surface area contributed by atoms with E-state index in [0.717, 1.165) is 18.4 Å². The molecule has 0 heterocycles. The van der Waals surface area contributed by atoms with Crippen molar-refractivity contribution < 1.29 is 9.90 Å². The minimum Gasteiger partial charge on any atom is -0.478 e. The Kier molecular flexibility index (Phi) is 4.14. The van der Waals surface area contributed by atoms with Crippen molar-refractivity contribution >= 4 is 21.9 Å². The van der Waals surface area contributed by atoms with E-state index in [1.54, 1.807) is 12.2 Å². The third-order valence-corrected chi connectivity index (χ3v) is 2.53. The van der Waals surface area contributed by atoms with E-state index < -0.39 is 5.97 Å². The molecule has 0 aliphatic heterocycles. The van der Waals surface area contributed by atoms with Crippen LogP contribution in [0.4, 0.5) is 0 Å². The Morgan fingerprint density at radius 2 is 2.50 bits per heavy atom. The second-order valence-corrected chi connectivity index (χ2v) is 4.35. The standard InChI is InChI=1S/C11H13BrO2/c1-2-3-4-8-5-9(11(13)14)7-10(12)6-8/h3-5,7,10H,2,6H2,1H3,(H,13,14)/b4-3-. The molecule has 1 aliphatic rings. The molecule has 1 rings (SSSR count). The number of hydrogen-bond acceptors (Lipinski definition) is 1. The lowest BCUT2D eigenvalue weighted by Crippen LogP contribution is -2.08. The lowest BCUT2D eigenvalue weighted by atomic mass is 9.99. The van der Waals surface area contributed by atoms with E-state index in [9.17, 15) is 4.79 Å². The third-order valence-electron chi connectivity index (χ3n) is 1.95. The summed E-state index contributed by atoms with van der Waals surface area (Å²) in [7, 11) is 0. The van der Waals surface area contributed by atoms with Crippen LogP contribution in [0.3, 0.4) is 0 Å². The maximum Gasteiger partial charge on any atom is 0.335 e. The maximum atomic E-state index is 10.8. The zero-order valence-corrected chi connectivity index (χ0v) is 9.62. The van der Waals surface area contributed by atoms with Crippen molar-refractivity contribution in [1.82, 2.24) is 0 Å². The molecule has 3 heteroatoms. The molecule has 0 amide bonds. The first-order chi connectivity index (χ1) is 6.63. The summed E-state index contributed by atoms with van der Waals surface area (Å²) in [4.78, 5) is 10.9. The molecule has 1 atom stereocenters. The molecule has 0 aromatic carbocycles. The number of alkyl halides is 1. The van der Waals surface area contributed by atoms with Gasteiger partial charge in [-0.1, -0.05) is 41.1 Å². The number of rotatable bonds is 3. The molecule has 0 aromatic heterocycles. The zero-order chi connectivity index (χ0) is 10.6. The van der Waals surface area contributed by atoms with Crippen LogP contribution in [0.1, 0.15) is 19.8 Å². The van der Waals surface area contributed by atoms with Crippen molar-refractivity contribution in [2.45, 2.75) is 24.6 Å². The van der Waals surface area contributed by atoms with E-state index in [0.29, 0.717) is 5.57 Å². The molecule has 1 aliphatic carbocycles. The largest absolute Gasteiger partial charge is 0.478 e. The van der Waals surface area contributed by atoms with Gasteiger partial charge in [-0.3, -0.25) is 0 Å². The smallest absolute Gasteiger partial charge is 0.335 e. The number of carboxylic acid groups (broad SMARTS) is 1. The number of carboxylic acids is 1. The van der Waals surface area contributed by atoms with Gasteiger partial charge in [0.2, 0.25) is 0 Å². The predicted molar refractivity (Wildman–Crippen MR) is 60.6 cm³/mol. The average molecular weight is 257 g/mol. The summed E-state index contributed by atoms with van der Waals surface area (Å²) in [6, 6.07) is 0. The van der Waals surface area contributed by atoms with E-state index in [1.165, 1.54) is 0 Å². The van der Waals surface area contributed by atoms with Gasteiger partial charge >= 0.3 is 5.97 Å². The summed E-state index contributed by atoms with van der Waals surface area (Å²) in [6.07, 6.45) is 9.31. The summed E-state index contributed by atoms with van der Waals surface area (Å²) >= 11 is 3.41. The highest BCUT2D eigenvalue weighted by molar-refractivity contribution is 9.09. The van der Waals surface area contributed by atoms with E-state index in [4.69, 9.17) is 5.11 Å². The Morgan fingerprint density at radius 1 is 1.79 bits per heavy atom. The summed E-state index contributed by atoms with van der Waals surface area (Å²) in [5.74, 6) is -0.864. The van der Waals surface area contributed by atoms with E-state index >= 15 is 0 Å². The number of carbonyl (C=O) groups is 1. The molecular weight excluding hydrogens is 244 g/mol. The van der Waals surface area contributed by atoms with Gasteiger partial charge in [0.1, 0.15) is 0 Å². The molecule has 0 fully saturated rings. The summed E-state index contributed by atoms with van der Waals surface area (Å²) in [5, 5.41) is 8.84. The monoisotopic (exact) mass is 256 g/mol. The molecule has 0 aromatic rings. The fourth-order valence-corrected chi connectivity index (χ4v) is 1.96. The summed E-state index contributed by atoms with van der Waals surface area (Å²) in [6.45, 7) is 2.06. The van der Waals surface area contributed by atoms with Gasteiger partial charge in [-0.25, -0.2) is 4.79 Å². The maximum absolute atomic E-state index is 10.8.